The van der Waals surface area contributed by atoms with Crippen LogP contribution in [0.4, 0.5) is 27.7 Å². The molecule has 0 fully saturated rings. The van der Waals surface area contributed by atoms with Crippen molar-refractivity contribution in [2.24, 2.45) is 0 Å². The van der Waals surface area contributed by atoms with Crippen LogP contribution in [0.3, 0.4) is 0 Å². The van der Waals surface area contributed by atoms with E-state index in [9.17, 15) is 9.59 Å². The number of benzene rings is 3. The minimum atomic E-state index is -0.314. The van der Waals surface area contributed by atoms with Crippen molar-refractivity contribution in [1.82, 2.24) is 4.98 Å². The van der Waals surface area contributed by atoms with Gasteiger partial charge in [0.2, 0.25) is 5.91 Å². The molecule has 0 radical (unpaired) electrons. The van der Waals surface area contributed by atoms with Gasteiger partial charge in [0.1, 0.15) is 5.82 Å². The Hall–Kier alpha value is -4.95. The van der Waals surface area contributed by atoms with Crippen molar-refractivity contribution in [3.05, 3.63) is 108 Å². The van der Waals surface area contributed by atoms with Crippen molar-refractivity contribution in [2.75, 3.05) is 21.7 Å². The summed E-state index contributed by atoms with van der Waals surface area (Å²) < 4.78 is 0.941. The van der Waals surface area contributed by atoms with Gasteiger partial charge >= 0.3 is 6.03 Å². The van der Waals surface area contributed by atoms with Crippen molar-refractivity contribution in [2.45, 2.75) is 6.92 Å². The van der Waals surface area contributed by atoms with Crippen LogP contribution in [0.15, 0.2) is 96.5 Å². The van der Waals surface area contributed by atoms with Crippen LogP contribution in [0.25, 0.3) is 27.3 Å². The van der Waals surface area contributed by atoms with Crippen molar-refractivity contribution >= 4 is 62.3 Å². The number of hydrogen-bond donors (Lipinski definition) is 4. The number of thiophene rings is 1. The second-order valence-electron chi connectivity index (χ2n) is 8.67. The highest BCUT2D eigenvalue weighted by Crippen LogP contribution is 2.39. The number of amides is 3. The summed E-state index contributed by atoms with van der Waals surface area (Å²) in [7, 11) is 0. The molecular formula is C30H25N5O2S. The Morgan fingerprint density at radius 1 is 0.868 bits per heavy atom. The molecule has 3 amide bonds. The summed E-state index contributed by atoms with van der Waals surface area (Å²) in [5.41, 5.74) is 12.2. The third-order valence-electron chi connectivity index (χ3n) is 5.84. The number of nitrogens with two attached hydrogens (primary N) is 1. The van der Waals surface area contributed by atoms with Gasteiger partial charge in [-0.1, -0.05) is 42.5 Å². The molecule has 5 N–H and O–H groups in total. The molecule has 0 spiro atoms. The van der Waals surface area contributed by atoms with Crippen LogP contribution in [0.1, 0.15) is 11.1 Å². The molecule has 5 rings (SSSR count). The molecule has 2 heterocycles. The minimum absolute atomic E-state index is 0.229. The first-order valence-electron chi connectivity index (χ1n) is 11.9. The maximum absolute atomic E-state index is 12.4. The van der Waals surface area contributed by atoms with Crippen LogP contribution < -0.4 is 21.7 Å². The van der Waals surface area contributed by atoms with E-state index in [4.69, 9.17) is 5.73 Å². The van der Waals surface area contributed by atoms with Crippen molar-refractivity contribution < 1.29 is 9.59 Å². The first-order chi connectivity index (χ1) is 18.5. The maximum Gasteiger partial charge on any atom is 0.323 e. The van der Waals surface area contributed by atoms with Crippen molar-refractivity contribution in [1.29, 1.82) is 0 Å². The molecular weight excluding hydrogens is 494 g/mol. The van der Waals surface area contributed by atoms with E-state index in [1.54, 1.807) is 12.3 Å². The van der Waals surface area contributed by atoms with Gasteiger partial charge < -0.3 is 21.7 Å². The van der Waals surface area contributed by atoms with Gasteiger partial charge in [0.15, 0.2) is 0 Å². The predicted octanol–water partition coefficient (Wildman–Crippen LogP) is 7.15. The number of para-hydroxylation sites is 1. The zero-order valence-corrected chi connectivity index (χ0v) is 21.4. The zero-order chi connectivity index (χ0) is 26.5. The Labute approximate surface area is 224 Å². The Kier molecular flexibility index (Phi) is 7.15. The summed E-state index contributed by atoms with van der Waals surface area (Å²) in [5.74, 6) is 0.189. The summed E-state index contributed by atoms with van der Waals surface area (Å²) in [6.07, 6.45) is 4.90. The van der Waals surface area contributed by atoms with E-state index in [0.29, 0.717) is 11.5 Å². The molecule has 38 heavy (non-hydrogen) atoms. The molecule has 0 unspecified atom stereocenters. The minimum Gasteiger partial charge on any atom is -0.383 e. The molecule has 5 aromatic rings. The summed E-state index contributed by atoms with van der Waals surface area (Å²) in [6, 6.07) is 24.1. The number of nitrogen functional groups attached to an aromatic ring is 1. The number of urea groups is 1. The highest BCUT2D eigenvalue weighted by molar-refractivity contribution is 7.18. The third-order valence-corrected chi connectivity index (χ3v) is 6.87. The Bertz CT molecular complexity index is 1640. The van der Waals surface area contributed by atoms with Gasteiger partial charge in [-0.15, -0.1) is 11.3 Å². The van der Waals surface area contributed by atoms with Gasteiger partial charge in [0.05, 0.1) is 0 Å². The maximum atomic E-state index is 12.4. The lowest BCUT2D eigenvalue weighted by molar-refractivity contribution is -0.111. The number of anilines is 4. The largest absolute Gasteiger partial charge is 0.383 e. The zero-order valence-electron chi connectivity index (χ0n) is 20.6. The van der Waals surface area contributed by atoms with Crippen LogP contribution in [0, 0.1) is 6.92 Å². The van der Waals surface area contributed by atoms with E-state index < -0.39 is 0 Å². The van der Waals surface area contributed by atoms with Gasteiger partial charge in [-0.2, -0.15) is 0 Å². The second-order valence-corrected chi connectivity index (χ2v) is 9.55. The normalized spacial score (nSPS) is 11.0. The molecule has 0 aliphatic rings. The lowest BCUT2D eigenvalue weighted by Crippen LogP contribution is -2.19. The summed E-state index contributed by atoms with van der Waals surface area (Å²) in [4.78, 5) is 29.1. The van der Waals surface area contributed by atoms with E-state index in [1.807, 2.05) is 91.2 Å². The van der Waals surface area contributed by atoms with Gasteiger partial charge in [0, 0.05) is 50.5 Å². The average Bonchev–Trinajstić information content (AvgIpc) is 3.36. The van der Waals surface area contributed by atoms with Crippen LogP contribution in [-0.2, 0) is 4.79 Å². The molecule has 188 valence electrons. The highest BCUT2D eigenvalue weighted by atomic mass is 32.1. The SMILES string of the molecule is Cc1cccc(NC(=O)Nc2ccc(-c3csc4c(/C=C/C(=O)Nc5ccccc5)cnc(N)c34)cc2)c1. The van der Waals surface area contributed by atoms with Crippen molar-refractivity contribution in [3.63, 3.8) is 0 Å². The Morgan fingerprint density at radius 3 is 2.34 bits per heavy atom. The summed E-state index contributed by atoms with van der Waals surface area (Å²) >= 11 is 1.54. The monoisotopic (exact) mass is 519 g/mol. The molecule has 2 aromatic heterocycles. The molecule has 0 saturated carbocycles. The third kappa shape index (κ3) is 5.71. The van der Waals surface area contributed by atoms with Gasteiger partial charge in [-0.3, -0.25) is 4.79 Å². The number of hydrogen-bond acceptors (Lipinski definition) is 5. The molecule has 8 heteroatoms. The van der Waals surface area contributed by atoms with Gasteiger partial charge in [0.25, 0.3) is 0 Å². The second kappa shape index (κ2) is 11.0. The Balaban J connectivity index is 1.32. The fourth-order valence-electron chi connectivity index (χ4n) is 4.04. The average molecular weight is 520 g/mol. The smallest absolute Gasteiger partial charge is 0.323 e. The molecule has 0 bridgehead atoms. The van der Waals surface area contributed by atoms with Crippen LogP contribution in [0.2, 0.25) is 0 Å². The molecule has 0 aliphatic heterocycles. The number of nitrogens with one attached hydrogen (secondary N) is 3. The fourth-order valence-corrected chi connectivity index (χ4v) is 5.12. The fraction of sp³-hybridized carbons (Fsp3) is 0.0333. The number of aryl methyl sites for hydroxylation is 1. The van der Waals surface area contributed by atoms with E-state index in [0.717, 1.165) is 43.7 Å². The molecule has 0 atom stereocenters. The summed E-state index contributed by atoms with van der Waals surface area (Å²) in [5, 5.41) is 11.4. The molecule has 7 nitrogen and oxygen atoms in total. The first kappa shape index (κ1) is 24.7. The van der Waals surface area contributed by atoms with Gasteiger partial charge in [-0.05, 0) is 65.9 Å². The highest BCUT2D eigenvalue weighted by Gasteiger charge is 2.14. The van der Waals surface area contributed by atoms with Crippen LogP contribution in [0.5, 0.6) is 0 Å². The number of aromatic nitrogens is 1. The lowest BCUT2D eigenvalue weighted by atomic mass is 10.0. The van der Waals surface area contributed by atoms with Crippen LogP contribution >= 0.6 is 11.3 Å². The number of carbonyl (C=O) groups excluding carboxylic acids is 2. The van der Waals surface area contributed by atoms with Crippen LogP contribution in [-0.4, -0.2) is 16.9 Å². The van der Waals surface area contributed by atoms with E-state index >= 15 is 0 Å². The number of fused-ring (bicyclic) bond motifs is 1. The molecule has 0 saturated heterocycles. The van der Waals surface area contributed by atoms with E-state index in [1.165, 1.54) is 17.4 Å². The van der Waals surface area contributed by atoms with Crippen molar-refractivity contribution in [3.8, 4) is 11.1 Å². The topological polar surface area (TPSA) is 109 Å². The molecule has 3 aromatic carbocycles. The number of pyridine rings is 1. The Morgan fingerprint density at radius 2 is 1.58 bits per heavy atom. The van der Waals surface area contributed by atoms with E-state index in [2.05, 4.69) is 20.9 Å². The number of nitrogens with zero attached hydrogens (tertiary/aromatic N) is 1. The number of rotatable bonds is 6. The standard InChI is InChI=1S/C30H25N5O2S/c1-19-6-5-9-24(16-19)35-30(37)34-23-13-10-20(11-14-23)25-18-38-28-21(17-32-29(31)27(25)28)12-15-26(36)33-22-7-3-2-4-8-22/h2-18H,1H3,(H2,31,32)(H,33,36)(H2,34,35,37)/b15-12+. The lowest BCUT2D eigenvalue weighted by Gasteiger charge is -2.09. The van der Waals surface area contributed by atoms with E-state index in [-0.39, 0.29) is 11.9 Å². The predicted molar refractivity (Wildman–Crippen MR) is 157 cm³/mol. The quantitative estimate of drug-likeness (QED) is 0.179. The first-order valence-corrected chi connectivity index (χ1v) is 12.8. The van der Waals surface area contributed by atoms with Gasteiger partial charge in [-0.25, -0.2) is 9.78 Å². The molecule has 0 aliphatic carbocycles. The summed E-state index contributed by atoms with van der Waals surface area (Å²) in [6.45, 7) is 1.97. The number of carbonyl (C=O) groups is 2.